The molecule has 0 saturated heterocycles. The second kappa shape index (κ2) is 6.55. The van der Waals surface area contributed by atoms with Gasteiger partial charge in [0.2, 0.25) is 0 Å². The van der Waals surface area contributed by atoms with Crippen molar-refractivity contribution in [2.45, 2.75) is 51.5 Å². The van der Waals surface area contributed by atoms with E-state index in [0.29, 0.717) is 30.5 Å². The lowest BCUT2D eigenvalue weighted by Gasteiger charge is -2.24. The number of hydrogen-bond acceptors (Lipinski definition) is 3. The fraction of sp³-hybridized carbons (Fsp3) is 0.588. The number of hydrogen-bond donors (Lipinski definition) is 0. The molecule has 2 aliphatic rings. The van der Waals surface area contributed by atoms with Crippen molar-refractivity contribution in [3.05, 3.63) is 17.2 Å². The van der Waals surface area contributed by atoms with Gasteiger partial charge < -0.3 is 9.47 Å². The zero-order valence-electron chi connectivity index (χ0n) is 12.7. The van der Waals surface area contributed by atoms with Crippen LogP contribution in [0.1, 0.15) is 50.2 Å². The number of aliphatic imine (C=N–C) groups is 1. The zero-order chi connectivity index (χ0) is 14.7. The van der Waals surface area contributed by atoms with E-state index in [9.17, 15) is 0 Å². The summed E-state index contributed by atoms with van der Waals surface area (Å²) < 4.78 is 11.4. The SMILES string of the molecule is [B]c1cc(C=NC2CCCCC2)c(CC)c2c1OCCO2. The van der Waals surface area contributed by atoms with Gasteiger partial charge in [-0.25, -0.2) is 0 Å². The average molecular weight is 283 g/mol. The highest BCUT2D eigenvalue weighted by Gasteiger charge is 2.20. The Hall–Kier alpha value is -1.45. The summed E-state index contributed by atoms with van der Waals surface area (Å²) in [5, 5.41) is 0. The van der Waals surface area contributed by atoms with E-state index in [1.54, 1.807) is 0 Å². The lowest BCUT2D eigenvalue weighted by atomic mass is 9.89. The van der Waals surface area contributed by atoms with Gasteiger partial charge in [0.15, 0.2) is 11.5 Å². The minimum absolute atomic E-state index is 0.470. The van der Waals surface area contributed by atoms with Gasteiger partial charge >= 0.3 is 0 Å². The summed E-state index contributed by atoms with van der Waals surface area (Å²) in [6, 6.07) is 2.44. The molecule has 0 unspecified atom stereocenters. The van der Waals surface area contributed by atoms with Crippen LogP contribution in [0, 0.1) is 0 Å². The molecule has 4 heteroatoms. The Morgan fingerprint density at radius 1 is 1.19 bits per heavy atom. The Morgan fingerprint density at radius 2 is 1.90 bits per heavy atom. The number of rotatable bonds is 3. The molecule has 2 radical (unpaired) electrons. The molecule has 1 aliphatic heterocycles. The first-order chi connectivity index (χ1) is 10.3. The average Bonchev–Trinajstić information content (AvgIpc) is 2.54. The first-order valence-electron chi connectivity index (χ1n) is 8.03. The molecule has 1 fully saturated rings. The monoisotopic (exact) mass is 283 g/mol. The summed E-state index contributed by atoms with van der Waals surface area (Å²) in [5.74, 6) is 1.52. The van der Waals surface area contributed by atoms with E-state index in [2.05, 4.69) is 6.92 Å². The zero-order valence-corrected chi connectivity index (χ0v) is 12.7. The molecule has 0 aromatic heterocycles. The first kappa shape index (κ1) is 14.5. The Bertz CT molecular complexity index is 536. The Labute approximate surface area is 128 Å². The van der Waals surface area contributed by atoms with Crippen LogP contribution in [0.4, 0.5) is 0 Å². The van der Waals surface area contributed by atoms with Crippen molar-refractivity contribution in [3.8, 4) is 11.5 Å². The Balaban J connectivity index is 1.90. The highest BCUT2D eigenvalue weighted by molar-refractivity contribution is 6.35. The fourth-order valence-corrected chi connectivity index (χ4v) is 3.20. The summed E-state index contributed by atoms with van der Waals surface area (Å²) in [5.41, 5.74) is 2.87. The maximum Gasteiger partial charge on any atom is 0.164 e. The molecule has 1 aromatic rings. The van der Waals surface area contributed by atoms with Gasteiger partial charge in [0.05, 0.1) is 0 Å². The second-order valence-electron chi connectivity index (χ2n) is 5.81. The molecule has 1 aliphatic carbocycles. The van der Waals surface area contributed by atoms with E-state index in [1.165, 1.54) is 32.1 Å². The van der Waals surface area contributed by atoms with Crippen molar-refractivity contribution in [1.29, 1.82) is 0 Å². The van der Waals surface area contributed by atoms with Crippen LogP contribution in [-0.4, -0.2) is 33.3 Å². The number of ether oxygens (including phenoxy) is 2. The van der Waals surface area contributed by atoms with Crippen LogP contribution in [0.25, 0.3) is 0 Å². The van der Waals surface area contributed by atoms with Gasteiger partial charge in [-0.2, -0.15) is 0 Å². The highest BCUT2D eigenvalue weighted by atomic mass is 16.6. The Morgan fingerprint density at radius 3 is 2.62 bits per heavy atom. The third-order valence-corrected chi connectivity index (χ3v) is 4.33. The van der Waals surface area contributed by atoms with Gasteiger partial charge in [0.25, 0.3) is 0 Å². The van der Waals surface area contributed by atoms with E-state index in [0.717, 1.165) is 23.3 Å². The van der Waals surface area contributed by atoms with Crippen molar-refractivity contribution >= 4 is 19.5 Å². The lowest BCUT2D eigenvalue weighted by Crippen LogP contribution is -2.23. The minimum atomic E-state index is 0.470. The predicted octanol–water partition coefficient (Wildman–Crippen LogP) is 2.57. The van der Waals surface area contributed by atoms with Gasteiger partial charge in [-0.1, -0.05) is 37.7 Å². The third-order valence-electron chi connectivity index (χ3n) is 4.33. The second-order valence-corrected chi connectivity index (χ2v) is 5.81. The molecule has 0 spiro atoms. The molecule has 3 rings (SSSR count). The maximum absolute atomic E-state index is 6.11. The van der Waals surface area contributed by atoms with E-state index < -0.39 is 0 Å². The predicted molar refractivity (Wildman–Crippen MR) is 86.7 cm³/mol. The molecular formula is C17H22BNO2. The van der Waals surface area contributed by atoms with Gasteiger partial charge in [-0.05, 0) is 24.8 Å². The van der Waals surface area contributed by atoms with Crippen LogP contribution in [0.3, 0.4) is 0 Å². The largest absolute Gasteiger partial charge is 0.487 e. The number of benzene rings is 1. The lowest BCUT2D eigenvalue weighted by molar-refractivity contribution is 0.171. The van der Waals surface area contributed by atoms with Crippen molar-refractivity contribution < 1.29 is 9.47 Å². The number of nitrogens with zero attached hydrogens (tertiary/aromatic N) is 1. The van der Waals surface area contributed by atoms with Crippen molar-refractivity contribution in [2.24, 2.45) is 4.99 Å². The summed E-state index contributed by atoms with van der Waals surface area (Å²) in [7, 11) is 6.11. The molecule has 0 atom stereocenters. The normalized spacial score (nSPS) is 19.1. The summed E-state index contributed by atoms with van der Waals surface area (Å²) in [6.45, 7) is 3.28. The van der Waals surface area contributed by atoms with Gasteiger partial charge in [0.1, 0.15) is 21.1 Å². The van der Waals surface area contributed by atoms with E-state index >= 15 is 0 Å². The Kier molecular flexibility index (Phi) is 4.52. The molecular weight excluding hydrogens is 261 g/mol. The van der Waals surface area contributed by atoms with E-state index in [1.807, 2.05) is 12.3 Å². The maximum atomic E-state index is 6.11. The summed E-state index contributed by atoms with van der Waals surface area (Å²) >= 11 is 0. The van der Waals surface area contributed by atoms with Gasteiger partial charge in [0, 0.05) is 17.8 Å². The third kappa shape index (κ3) is 3.09. The molecule has 21 heavy (non-hydrogen) atoms. The number of fused-ring (bicyclic) bond motifs is 1. The van der Waals surface area contributed by atoms with Crippen LogP contribution in [-0.2, 0) is 6.42 Å². The molecule has 1 aromatic carbocycles. The van der Waals surface area contributed by atoms with E-state index in [4.69, 9.17) is 22.3 Å². The molecule has 0 amide bonds. The van der Waals surface area contributed by atoms with Crippen LogP contribution in [0.2, 0.25) is 0 Å². The highest BCUT2D eigenvalue weighted by Crippen LogP contribution is 2.34. The molecule has 0 N–H and O–H groups in total. The topological polar surface area (TPSA) is 30.8 Å². The van der Waals surface area contributed by atoms with E-state index in [-0.39, 0.29) is 0 Å². The molecule has 110 valence electrons. The van der Waals surface area contributed by atoms with Crippen LogP contribution < -0.4 is 14.9 Å². The molecule has 1 saturated carbocycles. The van der Waals surface area contributed by atoms with Crippen LogP contribution >= 0.6 is 0 Å². The van der Waals surface area contributed by atoms with Crippen LogP contribution in [0.5, 0.6) is 11.5 Å². The van der Waals surface area contributed by atoms with Gasteiger partial charge in [-0.15, -0.1) is 0 Å². The fourth-order valence-electron chi connectivity index (χ4n) is 3.20. The van der Waals surface area contributed by atoms with Crippen molar-refractivity contribution in [3.63, 3.8) is 0 Å². The first-order valence-corrected chi connectivity index (χ1v) is 8.03. The van der Waals surface area contributed by atoms with Crippen molar-refractivity contribution in [2.75, 3.05) is 13.2 Å². The van der Waals surface area contributed by atoms with Crippen LogP contribution in [0.15, 0.2) is 11.1 Å². The molecule has 3 nitrogen and oxygen atoms in total. The smallest absolute Gasteiger partial charge is 0.164 e. The summed E-state index contributed by atoms with van der Waals surface area (Å²) in [4.78, 5) is 4.78. The molecule has 0 bridgehead atoms. The standard InChI is InChI=1S/C17H22BNO2/c1-2-14-12(11-19-13-6-4-3-5-7-13)10-15(18)17-16(14)20-8-9-21-17/h10-11,13H,2-9H2,1H3. The summed E-state index contributed by atoms with van der Waals surface area (Å²) in [6.07, 6.45) is 9.23. The molecule has 1 heterocycles. The minimum Gasteiger partial charge on any atom is -0.487 e. The van der Waals surface area contributed by atoms with Crippen molar-refractivity contribution in [1.82, 2.24) is 0 Å². The van der Waals surface area contributed by atoms with Gasteiger partial charge in [-0.3, -0.25) is 4.99 Å². The quantitative estimate of drug-likeness (QED) is 0.630.